The minimum atomic E-state index is -2.71. The number of carbonyl (C=O) groups is 6. The number of phenols is 1. The van der Waals surface area contributed by atoms with Crippen molar-refractivity contribution in [3.63, 3.8) is 0 Å². The molecule has 3 unspecified atom stereocenters. The number of allylic oxidation sites excluding steroid dienone is 2. The number of aliphatic hydroxyl groups is 1. The fraction of sp³-hybridized carbons (Fsp3) is 0.548. The number of carbonyl (C=O) groups excluding carboxylic acids is 6. The van der Waals surface area contributed by atoms with Crippen LogP contribution in [0.2, 0.25) is 0 Å². The second-order valence-corrected chi connectivity index (χ2v) is 12.6. The van der Waals surface area contributed by atoms with Gasteiger partial charge < -0.3 is 10.2 Å². The lowest BCUT2D eigenvalue weighted by atomic mass is 9.40. The highest BCUT2D eigenvalue weighted by molar-refractivity contribution is 6.32. The van der Waals surface area contributed by atoms with Crippen LogP contribution >= 0.6 is 0 Å². The van der Waals surface area contributed by atoms with Gasteiger partial charge in [-0.25, -0.2) is 0 Å². The summed E-state index contributed by atoms with van der Waals surface area (Å²) >= 11 is 0. The molecule has 208 valence electrons. The van der Waals surface area contributed by atoms with Crippen molar-refractivity contribution in [1.82, 2.24) is 0 Å². The summed E-state index contributed by atoms with van der Waals surface area (Å²) in [5.41, 5.74) is -3.51. The molecule has 2 fully saturated rings. The van der Waals surface area contributed by atoms with Crippen LogP contribution in [0.4, 0.5) is 0 Å². The second kappa shape index (κ2) is 9.15. The topological polar surface area (TPSA) is 143 Å². The van der Waals surface area contributed by atoms with Gasteiger partial charge in [-0.1, -0.05) is 39.8 Å². The Balaban J connectivity index is 1.96. The molecule has 3 aliphatic carbocycles. The van der Waals surface area contributed by atoms with Gasteiger partial charge in [0, 0.05) is 17.8 Å². The van der Waals surface area contributed by atoms with E-state index in [9.17, 15) is 39.0 Å². The smallest absolute Gasteiger partial charge is 0.190 e. The first-order valence-corrected chi connectivity index (χ1v) is 13.3. The van der Waals surface area contributed by atoms with Gasteiger partial charge in [-0.3, -0.25) is 28.8 Å². The molecule has 0 saturated heterocycles. The molecule has 6 atom stereocenters. The van der Waals surface area contributed by atoms with Gasteiger partial charge in [-0.2, -0.15) is 0 Å². The van der Waals surface area contributed by atoms with Crippen LogP contribution in [0, 0.1) is 34.5 Å². The SMILES string of the molecule is CC(=O)C/C=C(/C)c1ccc(O)c2c1C[C@]1(C)C[C@]3(C)C(C(C)C)C(=O)C(C(C)=O)C(=O)[C@]3(O)C(=O)C1C2=O. The number of hydrogen-bond donors (Lipinski definition) is 2. The first kappa shape index (κ1) is 28.7. The minimum absolute atomic E-state index is 0.00561. The summed E-state index contributed by atoms with van der Waals surface area (Å²) in [5.74, 6) is -9.20. The molecule has 39 heavy (non-hydrogen) atoms. The molecule has 8 nitrogen and oxygen atoms in total. The summed E-state index contributed by atoms with van der Waals surface area (Å²) in [5, 5.41) is 22.8. The van der Waals surface area contributed by atoms with E-state index in [0.29, 0.717) is 11.1 Å². The Morgan fingerprint density at radius 1 is 1.05 bits per heavy atom. The summed E-state index contributed by atoms with van der Waals surface area (Å²) in [6.45, 7) is 11.1. The third-order valence-electron chi connectivity index (χ3n) is 9.38. The van der Waals surface area contributed by atoms with Crippen molar-refractivity contribution in [2.45, 2.75) is 73.3 Å². The van der Waals surface area contributed by atoms with Crippen LogP contribution < -0.4 is 0 Å². The van der Waals surface area contributed by atoms with E-state index in [1.165, 1.54) is 13.0 Å². The average molecular weight is 537 g/mol. The van der Waals surface area contributed by atoms with E-state index in [4.69, 9.17) is 0 Å². The predicted octanol–water partition coefficient (Wildman–Crippen LogP) is 3.48. The number of rotatable bonds is 5. The normalized spacial score (nSPS) is 34.5. The Kier molecular flexibility index (Phi) is 6.74. The molecule has 2 N–H and O–H groups in total. The van der Waals surface area contributed by atoms with Gasteiger partial charge >= 0.3 is 0 Å². The fourth-order valence-electron chi connectivity index (χ4n) is 7.91. The Bertz CT molecular complexity index is 1380. The molecular formula is C31H36O8. The Labute approximate surface area is 227 Å². The van der Waals surface area contributed by atoms with Crippen LogP contribution in [0.15, 0.2) is 18.2 Å². The van der Waals surface area contributed by atoms with E-state index in [1.807, 2.05) is 0 Å². The molecule has 3 aliphatic rings. The molecule has 0 aromatic heterocycles. The Hall–Kier alpha value is -3.26. The number of fused-ring (bicyclic) bond motifs is 3. The lowest BCUT2D eigenvalue weighted by Gasteiger charge is -2.61. The standard InChI is InChI=1S/C31H36O8/c1-14(2)23-25(35)21(17(5)33)27(37)31(39)28(38)24-26(36)22-19(12-29(24,6)13-30(23,31)7)18(10-11-20(22)34)15(3)8-9-16(4)32/h8,10-11,14,21,23-24,34,39H,9,12-13H2,1-7H3/b15-8-/t21?,23?,24?,29-,30-,31+/m1/s1. The molecular weight excluding hydrogens is 500 g/mol. The number of aromatic hydroxyl groups is 1. The van der Waals surface area contributed by atoms with Crippen LogP contribution in [-0.2, 0) is 30.4 Å². The molecule has 0 heterocycles. The second-order valence-electron chi connectivity index (χ2n) is 12.6. The monoisotopic (exact) mass is 536 g/mol. The molecule has 2 saturated carbocycles. The highest BCUT2D eigenvalue weighted by Gasteiger charge is 2.76. The van der Waals surface area contributed by atoms with Gasteiger partial charge in [-0.05, 0) is 67.7 Å². The van der Waals surface area contributed by atoms with Crippen LogP contribution in [-0.4, -0.2) is 50.5 Å². The van der Waals surface area contributed by atoms with Crippen LogP contribution in [0.5, 0.6) is 5.75 Å². The van der Waals surface area contributed by atoms with E-state index >= 15 is 0 Å². The van der Waals surface area contributed by atoms with Gasteiger partial charge in [0.25, 0.3) is 0 Å². The number of Topliss-reactive ketones (excluding diaryl/α,β-unsaturated/α-hetero) is 6. The highest BCUT2D eigenvalue weighted by atomic mass is 16.3. The molecule has 0 spiro atoms. The molecule has 0 aliphatic heterocycles. The van der Waals surface area contributed by atoms with Crippen LogP contribution in [0.25, 0.3) is 5.57 Å². The number of ketones is 6. The Morgan fingerprint density at radius 3 is 2.21 bits per heavy atom. The third kappa shape index (κ3) is 3.82. The van der Waals surface area contributed by atoms with Gasteiger partial charge in [-0.15, -0.1) is 0 Å². The van der Waals surface area contributed by atoms with Crippen molar-refractivity contribution in [2.75, 3.05) is 0 Å². The maximum atomic E-state index is 14.3. The van der Waals surface area contributed by atoms with Gasteiger partial charge in [0.1, 0.15) is 23.2 Å². The quantitative estimate of drug-likeness (QED) is 0.545. The summed E-state index contributed by atoms with van der Waals surface area (Å²) in [4.78, 5) is 79.6. The molecule has 1 aromatic rings. The van der Waals surface area contributed by atoms with E-state index in [1.54, 1.807) is 46.8 Å². The zero-order valence-corrected chi connectivity index (χ0v) is 23.5. The van der Waals surface area contributed by atoms with Crippen LogP contribution in [0.3, 0.4) is 0 Å². The summed E-state index contributed by atoms with van der Waals surface area (Å²) in [7, 11) is 0. The molecule has 1 aromatic carbocycles. The number of phenolic OH excluding ortho intramolecular Hbond substituents is 1. The summed E-state index contributed by atoms with van der Waals surface area (Å²) < 4.78 is 0. The summed E-state index contributed by atoms with van der Waals surface area (Å²) in [6, 6.07) is 3.03. The first-order chi connectivity index (χ1) is 17.9. The predicted molar refractivity (Wildman–Crippen MR) is 142 cm³/mol. The lowest BCUT2D eigenvalue weighted by molar-refractivity contribution is -0.205. The first-order valence-electron chi connectivity index (χ1n) is 13.3. The van der Waals surface area contributed by atoms with Crippen molar-refractivity contribution >= 4 is 40.3 Å². The van der Waals surface area contributed by atoms with Crippen molar-refractivity contribution < 1.29 is 39.0 Å². The zero-order valence-electron chi connectivity index (χ0n) is 23.5. The van der Waals surface area contributed by atoms with E-state index in [0.717, 1.165) is 12.5 Å². The van der Waals surface area contributed by atoms with Crippen molar-refractivity contribution in [3.8, 4) is 5.75 Å². The van der Waals surface area contributed by atoms with Crippen molar-refractivity contribution in [1.29, 1.82) is 0 Å². The minimum Gasteiger partial charge on any atom is -0.507 e. The van der Waals surface area contributed by atoms with Crippen molar-refractivity contribution in [3.05, 3.63) is 34.9 Å². The van der Waals surface area contributed by atoms with E-state index in [-0.39, 0.29) is 36.4 Å². The molecule has 4 rings (SSSR count). The van der Waals surface area contributed by atoms with Gasteiger partial charge in [0.2, 0.25) is 0 Å². The van der Waals surface area contributed by atoms with Gasteiger partial charge in [0.05, 0.1) is 11.5 Å². The summed E-state index contributed by atoms with van der Waals surface area (Å²) in [6.07, 6.45) is 2.09. The Morgan fingerprint density at radius 2 is 1.67 bits per heavy atom. The molecule has 0 amide bonds. The number of benzene rings is 1. The van der Waals surface area contributed by atoms with E-state index < -0.39 is 69.0 Å². The fourth-order valence-corrected chi connectivity index (χ4v) is 7.91. The van der Waals surface area contributed by atoms with Crippen LogP contribution in [0.1, 0.15) is 82.8 Å². The maximum Gasteiger partial charge on any atom is 0.190 e. The highest BCUT2D eigenvalue weighted by Crippen LogP contribution is 2.64. The molecule has 0 radical (unpaired) electrons. The van der Waals surface area contributed by atoms with Gasteiger partial charge in [0.15, 0.2) is 28.7 Å². The van der Waals surface area contributed by atoms with E-state index in [2.05, 4.69) is 0 Å². The van der Waals surface area contributed by atoms with Crippen molar-refractivity contribution in [2.24, 2.45) is 34.5 Å². The average Bonchev–Trinajstić information content (AvgIpc) is 2.79. The number of hydrogen-bond acceptors (Lipinski definition) is 8. The zero-order chi connectivity index (χ0) is 29.4. The third-order valence-corrected chi connectivity index (χ3v) is 9.38. The molecule has 0 bridgehead atoms. The largest absolute Gasteiger partial charge is 0.507 e. The molecule has 8 heteroatoms. The maximum absolute atomic E-state index is 14.3. The lowest BCUT2D eigenvalue weighted by Crippen LogP contribution is -2.76.